The molecule has 0 bridgehead atoms. The Hall–Kier alpha value is -1.22. The highest BCUT2D eigenvalue weighted by molar-refractivity contribution is 8.14. The van der Waals surface area contributed by atoms with Crippen LogP contribution in [0.4, 0.5) is 0 Å². The first kappa shape index (κ1) is 34.8. The molecule has 2 aromatic carbocycles. The van der Waals surface area contributed by atoms with Crippen LogP contribution in [0.25, 0.3) is 0 Å². The van der Waals surface area contributed by atoms with E-state index in [1.54, 1.807) is 0 Å². The zero-order valence-corrected chi connectivity index (χ0v) is 26.3. The van der Waals surface area contributed by atoms with Gasteiger partial charge in [0, 0.05) is 40.2 Å². The van der Waals surface area contributed by atoms with Crippen molar-refractivity contribution < 1.29 is 14.3 Å². The van der Waals surface area contributed by atoms with Crippen LogP contribution < -0.4 is 4.74 Å². The minimum Gasteiger partial charge on any atom is -0.457 e. The third-order valence-corrected chi connectivity index (χ3v) is 8.62. The van der Waals surface area contributed by atoms with E-state index in [4.69, 9.17) is 4.74 Å². The molecule has 0 N–H and O–H groups in total. The summed E-state index contributed by atoms with van der Waals surface area (Å²) in [6, 6.07) is 11.9. The SMILES string of the molecule is CCN(CC)CCCC(=O)Sc1ccc2c(c1)Cc1c(cccc1SC(=O)CCCN(CC)CC)O2.Cl.Cl. The molecule has 0 amide bonds. The average Bonchev–Trinajstić information content (AvgIpc) is 2.88. The van der Waals surface area contributed by atoms with E-state index < -0.39 is 0 Å². The highest BCUT2D eigenvalue weighted by Gasteiger charge is 2.22. The van der Waals surface area contributed by atoms with Gasteiger partial charge in [-0.3, -0.25) is 9.59 Å². The highest BCUT2D eigenvalue weighted by atomic mass is 35.5. The molecular weight excluding hydrogens is 559 g/mol. The fraction of sp³-hybridized carbons (Fsp3) is 0.517. The van der Waals surface area contributed by atoms with Crippen molar-refractivity contribution in [2.75, 3.05) is 39.3 Å². The normalized spacial score (nSPS) is 11.7. The predicted octanol–water partition coefficient (Wildman–Crippen LogP) is 7.71. The largest absolute Gasteiger partial charge is 0.457 e. The maximum Gasteiger partial charge on any atom is 0.193 e. The molecule has 9 heteroatoms. The standard InChI is InChI=1S/C29H40N2O3S2.2ClH/c1-5-30(6-2)18-10-14-28(32)35-23-16-17-25-22(20-23)21-24-26(34-25)12-9-13-27(24)36-29(33)15-11-19-31(7-3)8-4;;/h9,12-13,16-17,20H,5-8,10-11,14-15,18-19,21H2,1-4H3;2*1H. The van der Waals surface area contributed by atoms with Crippen LogP contribution in [0.15, 0.2) is 46.2 Å². The third kappa shape index (κ3) is 10.4. The van der Waals surface area contributed by atoms with E-state index in [2.05, 4.69) is 43.6 Å². The molecule has 0 aliphatic carbocycles. The maximum absolute atomic E-state index is 12.7. The van der Waals surface area contributed by atoms with E-state index in [1.165, 1.54) is 23.5 Å². The van der Waals surface area contributed by atoms with E-state index >= 15 is 0 Å². The quantitative estimate of drug-likeness (QED) is 0.176. The minimum atomic E-state index is 0. The van der Waals surface area contributed by atoms with Crippen LogP contribution in [-0.2, 0) is 16.0 Å². The van der Waals surface area contributed by atoms with Gasteiger partial charge in [-0.1, -0.05) is 57.3 Å². The molecule has 3 rings (SSSR count). The number of ether oxygens (including phenoxy) is 1. The van der Waals surface area contributed by atoms with Crippen molar-refractivity contribution in [1.82, 2.24) is 9.80 Å². The van der Waals surface area contributed by atoms with Crippen molar-refractivity contribution in [2.45, 2.75) is 69.6 Å². The van der Waals surface area contributed by atoms with Crippen molar-refractivity contribution in [3.8, 4) is 11.5 Å². The first-order valence-electron chi connectivity index (χ1n) is 13.3. The molecule has 0 saturated carbocycles. The molecule has 1 aliphatic heterocycles. The Kier molecular flexibility index (Phi) is 16.7. The number of hydrogen-bond donors (Lipinski definition) is 0. The number of thioether (sulfide) groups is 2. The third-order valence-electron chi connectivity index (χ3n) is 6.66. The van der Waals surface area contributed by atoms with Gasteiger partial charge in [0.1, 0.15) is 11.5 Å². The van der Waals surface area contributed by atoms with Gasteiger partial charge in [0.2, 0.25) is 0 Å². The number of fused-ring (bicyclic) bond motifs is 2. The zero-order chi connectivity index (χ0) is 25.9. The van der Waals surface area contributed by atoms with Gasteiger partial charge in [-0.2, -0.15) is 0 Å². The van der Waals surface area contributed by atoms with Crippen molar-refractivity contribution in [3.05, 3.63) is 47.5 Å². The van der Waals surface area contributed by atoms with Gasteiger partial charge in [-0.05, 0) is 82.4 Å². The molecule has 2 aromatic rings. The number of carbonyl (C=O) groups excluding carboxylic acids is 2. The Morgan fingerprint density at radius 2 is 1.37 bits per heavy atom. The van der Waals surface area contributed by atoms with E-state index in [0.29, 0.717) is 19.3 Å². The number of hydrogen-bond acceptors (Lipinski definition) is 7. The molecule has 212 valence electrons. The summed E-state index contributed by atoms with van der Waals surface area (Å²) in [5.41, 5.74) is 2.12. The molecule has 0 aromatic heterocycles. The van der Waals surface area contributed by atoms with Crippen molar-refractivity contribution >= 4 is 58.6 Å². The summed E-state index contributed by atoms with van der Waals surface area (Å²) in [4.78, 5) is 31.9. The van der Waals surface area contributed by atoms with Crippen LogP contribution >= 0.6 is 48.3 Å². The summed E-state index contributed by atoms with van der Waals surface area (Å²) in [5, 5.41) is 0.395. The average molecular weight is 602 g/mol. The summed E-state index contributed by atoms with van der Waals surface area (Å²) in [6.07, 6.45) is 3.61. The Morgan fingerprint density at radius 1 is 0.789 bits per heavy atom. The molecule has 0 saturated heterocycles. The summed E-state index contributed by atoms with van der Waals surface area (Å²) in [5.74, 6) is 1.64. The van der Waals surface area contributed by atoms with Crippen LogP contribution in [-0.4, -0.2) is 59.3 Å². The molecule has 1 aliphatic rings. The molecule has 0 spiro atoms. The Morgan fingerprint density at radius 3 is 1.95 bits per heavy atom. The van der Waals surface area contributed by atoms with Gasteiger partial charge in [0.05, 0.1) is 0 Å². The Bertz CT molecular complexity index is 1030. The number of benzene rings is 2. The first-order valence-corrected chi connectivity index (χ1v) is 14.9. The van der Waals surface area contributed by atoms with Crippen LogP contribution in [0.5, 0.6) is 11.5 Å². The lowest BCUT2D eigenvalue weighted by Gasteiger charge is -2.23. The van der Waals surface area contributed by atoms with Crippen molar-refractivity contribution in [2.24, 2.45) is 0 Å². The second-order valence-electron chi connectivity index (χ2n) is 8.99. The summed E-state index contributed by atoms with van der Waals surface area (Å²) < 4.78 is 6.19. The molecule has 0 atom stereocenters. The predicted molar refractivity (Wildman–Crippen MR) is 166 cm³/mol. The number of nitrogens with zero attached hydrogens (tertiary/aromatic N) is 2. The van der Waals surface area contributed by atoms with E-state index in [1.807, 2.05) is 30.3 Å². The molecule has 5 nitrogen and oxygen atoms in total. The lowest BCUT2D eigenvalue weighted by molar-refractivity contribution is -0.111. The van der Waals surface area contributed by atoms with Crippen molar-refractivity contribution in [3.63, 3.8) is 0 Å². The monoisotopic (exact) mass is 600 g/mol. The highest BCUT2D eigenvalue weighted by Crippen LogP contribution is 2.42. The molecule has 1 heterocycles. The van der Waals surface area contributed by atoms with Gasteiger partial charge in [-0.25, -0.2) is 0 Å². The first-order chi connectivity index (χ1) is 17.5. The molecule has 0 radical (unpaired) electrons. The van der Waals surface area contributed by atoms with Crippen LogP contribution in [0.2, 0.25) is 0 Å². The second kappa shape index (κ2) is 18.2. The zero-order valence-electron chi connectivity index (χ0n) is 23.0. The van der Waals surface area contributed by atoms with E-state index in [-0.39, 0.29) is 35.0 Å². The van der Waals surface area contributed by atoms with Gasteiger partial charge >= 0.3 is 0 Å². The van der Waals surface area contributed by atoms with E-state index in [0.717, 1.165) is 84.5 Å². The smallest absolute Gasteiger partial charge is 0.193 e. The topological polar surface area (TPSA) is 49.9 Å². The molecule has 38 heavy (non-hydrogen) atoms. The number of halogens is 2. The lowest BCUT2D eigenvalue weighted by Crippen LogP contribution is -2.24. The molecule has 0 fully saturated rings. The summed E-state index contributed by atoms with van der Waals surface area (Å²) in [7, 11) is 0. The fourth-order valence-corrected chi connectivity index (χ4v) is 6.19. The van der Waals surface area contributed by atoms with Crippen LogP contribution in [0.3, 0.4) is 0 Å². The van der Waals surface area contributed by atoms with Gasteiger partial charge in [0.15, 0.2) is 10.2 Å². The molecular formula is C29H42Cl2N2O3S2. The Balaban J connectivity index is 0.00000361. The number of rotatable bonds is 14. The minimum absolute atomic E-state index is 0. The fourth-order valence-electron chi connectivity index (χ4n) is 4.41. The van der Waals surface area contributed by atoms with Crippen LogP contribution in [0, 0.1) is 0 Å². The number of carbonyl (C=O) groups is 2. The summed E-state index contributed by atoms with van der Waals surface area (Å²) in [6.45, 7) is 14.6. The second-order valence-corrected chi connectivity index (χ2v) is 11.2. The Labute approximate surface area is 249 Å². The molecule has 0 unspecified atom stereocenters. The lowest BCUT2D eigenvalue weighted by atomic mass is 10.0. The van der Waals surface area contributed by atoms with Crippen molar-refractivity contribution in [1.29, 1.82) is 0 Å². The van der Waals surface area contributed by atoms with Gasteiger partial charge < -0.3 is 14.5 Å². The van der Waals surface area contributed by atoms with Crippen LogP contribution in [0.1, 0.15) is 64.5 Å². The maximum atomic E-state index is 12.7. The summed E-state index contributed by atoms with van der Waals surface area (Å²) >= 11 is 2.65. The van der Waals surface area contributed by atoms with Gasteiger partial charge in [0.25, 0.3) is 0 Å². The van der Waals surface area contributed by atoms with Gasteiger partial charge in [-0.15, -0.1) is 24.8 Å². The van der Waals surface area contributed by atoms with E-state index in [9.17, 15) is 9.59 Å².